The van der Waals surface area contributed by atoms with Crippen LogP contribution in [0.25, 0.3) is 0 Å². The maximum atomic E-state index is 6.03. The third-order valence-corrected chi connectivity index (χ3v) is 3.31. The molecule has 86 valence electrons. The highest BCUT2D eigenvalue weighted by Crippen LogP contribution is 2.25. The molecule has 0 unspecified atom stereocenters. The van der Waals surface area contributed by atoms with Gasteiger partial charge in [-0.05, 0) is 37.5 Å². The minimum atomic E-state index is 0.600. The molecule has 3 nitrogen and oxygen atoms in total. The van der Waals surface area contributed by atoms with Crippen LogP contribution in [-0.4, -0.2) is 23.9 Å². The lowest BCUT2D eigenvalue weighted by atomic mass is 10.2. The first-order chi connectivity index (χ1) is 7.68. The van der Waals surface area contributed by atoms with Crippen molar-refractivity contribution in [2.75, 3.05) is 13.1 Å². The summed E-state index contributed by atoms with van der Waals surface area (Å²) in [5.41, 5.74) is 7.80. The van der Waals surface area contributed by atoms with Crippen LogP contribution in [0.15, 0.2) is 23.2 Å². The molecule has 0 amide bonds. The van der Waals surface area contributed by atoms with Gasteiger partial charge in [-0.3, -0.25) is 0 Å². The number of benzene rings is 1. The van der Waals surface area contributed by atoms with Gasteiger partial charge in [0.25, 0.3) is 0 Å². The normalized spacial score (nSPS) is 16.9. The fraction of sp³-hybridized carbons (Fsp3) is 0.417. The molecule has 4 heteroatoms. The molecule has 1 aromatic rings. The molecule has 0 aromatic heterocycles. The van der Waals surface area contributed by atoms with E-state index in [2.05, 4.69) is 9.89 Å². The third kappa shape index (κ3) is 2.30. The van der Waals surface area contributed by atoms with Crippen molar-refractivity contribution in [1.29, 1.82) is 0 Å². The monoisotopic (exact) mass is 237 g/mol. The van der Waals surface area contributed by atoms with E-state index in [4.69, 9.17) is 17.3 Å². The quantitative estimate of drug-likeness (QED) is 0.603. The van der Waals surface area contributed by atoms with Gasteiger partial charge in [0.05, 0.1) is 5.69 Å². The first kappa shape index (κ1) is 11.3. The molecular weight excluding hydrogens is 222 g/mol. The van der Waals surface area contributed by atoms with Gasteiger partial charge < -0.3 is 10.6 Å². The molecule has 0 saturated carbocycles. The highest BCUT2D eigenvalue weighted by molar-refractivity contribution is 6.31. The Hall–Kier alpha value is -1.22. The lowest BCUT2D eigenvalue weighted by Gasteiger charge is -2.16. The summed E-state index contributed by atoms with van der Waals surface area (Å²) >= 11 is 6.03. The molecular formula is C12H16ClN3. The summed E-state index contributed by atoms with van der Waals surface area (Å²) < 4.78 is 0. The van der Waals surface area contributed by atoms with Gasteiger partial charge in [-0.25, -0.2) is 4.99 Å². The summed E-state index contributed by atoms with van der Waals surface area (Å²) in [4.78, 5) is 6.55. The molecule has 1 saturated heterocycles. The van der Waals surface area contributed by atoms with Crippen molar-refractivity contribution >= 4 is 23.2 Å². The van der Waals surface area contributed by atoms with Crippen molar-refractivity contribution in [3.8, 4) is 0 Å². The number of halogens is 1. The fourth-order valence-electron chi connectivity index (χ4n) is 1.86. The standard InChI is InChI=1S/C12H16ClN3/c1-9-10(13)5-4-6-11(9)15-12(14)16-7-2-3-8-16/h4-6H,2-3,7-8H2,1H3,(H2,14,15). The van der Waals surface area contributed by atoms with E-state index in [1.54, 1.807) is 0 Å². The smallest absolute Gasteiger partial charge is 0.196 e. The number of nitrogens with two attached hydrogens (primary N) is 1. The van der Waals surface area contributed by atoms with Crippen LogP contribution >= 0.6 is 11.6 Å². The van der Waals surface area contributed by atoms with Gasteiger partial charge in [0, 0.05) is 18.1 Å². The second-order valence-electron chi connectivity index (χ2n) is 4.05. The summed E-state index contributed by atoms with van der Waals surface area (Å²) in [6.07, 6.45) is 2.40. The van der Waals surface area contributed by atoms with Gasteiger partial charge in [-0.15, -0.1) is 0 Å². The summed E-state index contributed by atoms with van der Waals surface area (Å²) in [6.45, 7) is 3.97. The molecule has 1 heterocycles. The number of rotatable bonds is 1. The van der Waals surface area contributed by atoms with Gasteiger partial charge >= 0.3 is 0 Å². The maximum Gasteiger partial charge on any atom is 0.196 e. The summed E-state index contributed by atoms with van der Waals surface area (Å²) in [7, 11) is 0. The second-order valence-corrected chi connectivity index (χ2v) is 4.46. The Balaban J connectivity index is 2.24. The topological polar surface area (TPSA) is 41.6 Å². The third-order valence-electron chi connectivity index (χ3n) is 2.90. The van der Waals surface area contributed by atoms with E-state index in [1.807, 2.05) is 25.1 Å². The molecule has 1 aliphatic rings. The molecule has 0 atom stereocenters. The molecule has 2 N–H and O–H groups in total. The van der Waals surface area contributed by atoms with Crippen molar-refractivity contribution in [3.05, 3.63) is 28.8 Å². The molecule has 0 radical (unpaired) electrons. The zero-order valence-electron chi connectivity index (χ0n) is 9.41. The number of hydrogen-bond donors (Lipinski definition) is 1. The maximum absolute atomic E-state index is 6.03. The molecule has 0 bridgehead atoms. The van der Waals surface area contributed by atoms with Crippen LogP contribution in [0.3, 0.4) is 0 Å². The van der Waals surface area contributed by atoms with E-state index in [0.29, 0.717) is 5.96 Å². The van der Waals surface area contributed by atoms with E-state index in [-0.39, 0.29) is 0 Å². The van der Waals surface area contributed by atoms with Crippen molar-refractivity contribution in [3.63, 3.8) is 0 Å². The van der Waals surface area contributed by atoms with Crippen LogP contribution in [0.1, 0.15) is 18.4 Å². The average Bonchev–Trinajstić information content (AvgIpc) is 2.78. The molecule has 16 heavy (non-hydrogen) atoms. The van der Waals surface area contributed by atoms with E-state index in [1.165, 1.54) is 12.8 Å². The van der Waals surface area contributed by atoms with Crippen LogP contribution in [0.2, 0.25) is 5.02 Å². The minimum absolute atomic E-state index is 0.600. The Bertz CT molecular complexity index is 409. The van der Waals surface area contributed by atoms with E-state index < -0.39 is 0 Å². The van der Waals surface area contributed by atoms with Crippen molar-refractivity contribution in [1.82, 2.24) is 4.90 Å². The molecule has 0 spiro atoms. The summed E-state index contributed by atoms with van der Waals surface area (Å²) in [6, 6.07) is 5.69. The van der Waals surface area contributed by atoms with Crippen LogP contribution in [-0.2, 0) is 0 Å². The van der Waals surface area contributed by atoms with Crippen LogP contribution in [0, 0.1) is 6.92 Å². The van der Waals surface area contributed by atoms with Crippen LogP contribution in [0.5, 0.6) is 0 Å². The number of guanidine groups is 1. The zero-order valence-corrected chi connectivity index (χ0v) is 10.2. The molecule has 1 fully saturated rings. The van der Waals surface area contributed by atoms with E-state index in [9.17, 15) is 0 Å². The first-order valence-corrected chi connectivity index (χ1v) is 5.90. The predicted octanol–water partition coefficient (Wildman–Crippen LogP) is 2.69. The highest BCUT2D eigenvalue weighted by atomic mass is 35.5. The number of nitrogens with zero attached hydrogens (tertiary/aromatic N) is 2. The van der Waals surface area contributed by atoms with Gasteiger partial charge in [0.15, 0.2) is 5.96 Å². The van der Waals surface area contributed by atoms with Gasteiger partial charge in [-0.1, -0.05) is 17.7 Å². The van der Waals surface area contributed by atoms with Crippen LogP contribution < -0.4 is 5.73 Å². The Morgan fingerprint density at radius 1 is 1.38 bits per heavy atom. The minimum Gasteiger partial charge on any atom is -0.369 e. The fourth-order valence-corrected chi connectivity index (χ4v) is 2.03. The Morgan fingerprint density at radius 3 is 2.75 bits per heavy atom. The molecule has 1 aromatic carbocycles. The molecule has 1 aliphatic heterocycles. The lowest BCUT2D eigenvalue weighted by molar-refractivity contribution is 0.513. The summed E-state index contributed by atoms with van der Waals surface area (Å²) in [5.74, 6) is 0.600. The van der Waals surface area contributed by atoms with Gasteiger partial charge in [0.1, 0.15) is 0 Å². The van der Waals surface area contributed by atoms with Crippen molar-refractivity contribution in [2.24, 2.45) is 10.7 Å². The van der Waals surface area contributed by atoms with Gasteiger partial charge in [-0.2, -0.15) is 0 Å². The van der Waals surface area contributed by atoms with Crippen molar-refractivity contribution in [2.45, 2.75) is 19.8 Å². The molecule has 0 aliphatic carbocycles. The number of aliphatic imine (C=N–C) groups is 1. The van der Waals surface area contributed by atoms with Crippen molar-refractivity contribution < 1.29 is 0 Å². The zero-order chi connectivity index (χ0) is 11.5. The Labute approximate surface area is 101 Å². The number of hydrogen-bond acceptors (Lipinski definition) is 1. The van der Waals surface area contributed by atoms with Gasteiger partial charge in [0.2, 0.25) is 0 Å². The van der Waals surface area contributed by atoms with E-state index >= 15 is 0 Å². The summed E-state index contributed by atoms with van der Waals surface area (Å²) in [5, 5.41) is 0.732. The lowest BCUT2D eigenvalue weighted by Crippen LogP contribution is -2.34. The Morgan fingerprint density at radius 2 is 2.06 bits per heavy atom. The SMILES string of the molecule is Cc1c(Cl)cccc1N=C(N)N1CCCC1. The highest BCUT2D eigenvalue weighted by Gasteiger charge is 2.13. The largest absolute Gasteiger partial charge is 0.369 e. The number of likely N-dealkylation sites (tertiary alicyclic amines) is 1. The second kappa shape index (κ2) is 4.74. The van der Waals surface area contributed by atoms with Crippen LogP contribution in [0.4, 0.5) is 5.69 Å². The Kier molecular flexibility index (Phi) is 3.34. The predicted molar refractivity (Wildman–Crippen MR) is 68.3 cm³/mol. The van der Waals surface area contributed by atoms with E-state index in [0.717, 1.165) is 29.4 Å². The first-order valence-electron chi connectivity index (χ1n) is 5.52. The molecule has 2 rings (SSSR count). The average molecular weight is 238 g/mol.